The lowest BCUT2D eigenvalue weighted by Gasteiger charge is -2.06. The zero-order valence-electron chi connectivity index (χ0n) is 9.51. The molecule has 4 nitrogen and oxygen atoms in total. The van der Waals surface area contributed by atoms with Crippen LogP contribution >= 0.6 is 15.9 Å². The van der Waals surface area contributed by atoms with Crippen molar-refractivity contribution in [1.29, 1.82) is 0 Å². The molecule has 0 unspecified atom stereocenters. The number of hydrogen-bond donors (Lipinski definition) is 2. The van der Waals surface area contributed by atoms with Gasteiger partial charge in [-0.25, -0.2) is 4.98 Å². The molecule has 1 aromatic heterocycles. The first-order valence-corrected chi connectivity index (χ1v) is 6.06. The average Bonchev–Trinajstić information content (AvgIpc) is 2.24. The normalized spacial score (nSPS) is 10.2. The number of anilines is 1. The van der Waals surface area contributed by atoms with E-state index in [4.69, 9.17) is 0 Å². The third kappa shape index (κ3) is 4.28. The average molecular weight is 286 g/mol. The number of carbonyl (C=O) groups excluding carboxylic acids is 1. The Balaban J connectivity index is 2.46. The van der Waals surface area contributed by atoms with Crippen LogP contribution in [0.2, 0.25) is 0 Å². The molecule has 5 heteroatoms. The zero-order chi connectivity index (χ0) is 12.0. The Bertz CT molecular complexity index is 368. The summed E-state index contributed by atoms with van der Waals surface area (Å²) in [7, 11) is 0. The van der Waals surface area contributed by atoms with Gasteiger partial charge in [0.2, 0.25) is 5.91 Å². The third-order valence-corrected chi connectivity index (χ3v) is 2.84. The van der Waals surface area contributed by atoms with Gasteiger partial charge < -0.3 is 10.6 Å². The lowest BCUT2D eigenvalue weighted by atomic mass is 10.3. The van der Waals surface area contributed by atoms with Crippen LogP contribution in [0, 0.1) is 6.92 Å². The van der Waals surface area contributed by atoms with Crippen LogP contribution in [-0.2, 0) is 4.79 Å². The summed E-state index contributed by atoms with van der Waals surface area (Å²) in [4.78, 5) is 15.7. The van der Waals surface area contributed by atoms with Crippen LogP contribution in [-0.4, -0.2) is 24.0 Å². The second-order valence-electron chi connectivity index (χ2n) is 3.49. The lowest BCUT2D eigenvalue weighted by Crippen LogP contribution is -2.28. The summed E-state index contributed by atoms with van der Waals surface area (Å²) in [6.07, 6.45) is 1.02. The van der Waals surface area contributed by atoms with E-state index in [0.29, 0.717) is 12.4 Å². The fourth-order valence-electron chi connectivity index (χ4n) is 1.18. The molecular formula is C11H16BrN3O. The van der Waals surface area contributed by atoms with E-state index in [0.717, 1.165) is 23.1 Å². The Labute approximate surface area is 104 Å². The Morgan fingerprint density at radius 3 is 2.88 bits per heavy atom. The summed E-state index contributed by atoms with van der Waals surface area (Å²) < 4.78 is 0.939. The molecule has 0 aliphatic rings. The third-order valence-electron chi connectivity index (χ3n) is 2.00. The molecule has 2 N–H and O–H groups in total. The molecule has 0 aliphatic heterocycles. The molecule has 1 aromatic rings. The number of hydrogen-bond acceptors (Lipinski definition) is 3. The summed E-state index contributed by atoms with van der Waals surface area (Å²) in [6.45, 7) is 5.12. The highest BCUT2D eigenvalue weighted by molar-refractivity contribution is 9.10. The molecule has 0 fully saturated rings. The maximum Gasteiger partial charge on any atom is 0.239 e. The largest absolute Gasteiger partial charge is 0.310 e. The summed E-state index contributed by atoms with van der Waals surface area (Å²) in [5.74, 6) is 0.520. The van der Waals surface area contributed by atoms with Gasteiger partial charge in [-0.15, -0.1) is 0 Å². The van der Waals surface area contributed by atoms with Crippen molar-refractivity contribution in [2.24, 2.45) is 0 Å². The van der Waals surface area contributed by atoms with Crippen molar-refractivity contribution in [3.8, 4) is 0 Å². The SMILES string of the molecule is CCCNCC(=O)Nc1ccc(Br)c(C)n1. The minimum Gasteiger partial charge on any atom is -0.310 e. The molecule has 16 heavy (non-hydrogen) atoms. The highest BCUT2D eigenvalue weighted by Crippen LogP contribution is 2.15. The van der Waals surface area contributed by atoms with E-state index >= 15 is 0 Å². The summed E-state index contributed by atoms with van der Waals surface area (Å²) in [5.41, 5.74) is 0.860. The molecule has 1 rings (SSSR count). The van der Waals surface area contributed by atoms with Crippen molar-refractivity contribution in [2.45, 2.75) is 20.3 Å². The standard InChI is InChI=1S/C11H16BrN3O/c1-3-6-13-7-11(16)15-10-5-4-9(12)8(2)14-10/h4-5,13H,3,6-7H2,1-2H3,(H,14,15,16). The molecule has 0 spiro atoms. The molecular weight excluding hydrogens is 270 g/mol. The van der Waals surface area contributed by atoms with Gasteiger partial charge in [0.25, 0.3) is 0 Å². The fraction of sp³-hybridized carbons (Fsp3) is 0.455. The van der Waals surface area contributed by atoms with E-state index in [9.17, 15) is 4.79 Å². The number of aromatic nitrogens is 1. The van der Waals surface area contributed by atoms with Crippen molar-refractivity contribution in [3.05, 3.63) is 22.3 Å². The number of nitrogens with one attached hydrogen (secondary N) is 2. The van der Waals surface area contributed by atoms with Gasteiger partial charge in [0, 0.05) is 4.47 Å². The van der Waals surface area contributed by atoms with Crippen LogP contribution in [0.4, 0.5) is 5.82 Å². The number of halogens is 1. The van der Waals surface area contributed by atoms with Crippen LogP contribution in [0.3, 0.4) is 0 Å². The molecule has 0 saturated carbocycles. The van der Waals surface area contributed by atoms with Gasteiger partial charge in [-0.2, -0.15) is 0 Å². The van der Waals surface area contributed by atoms with E-state index in [2.05, 4.69) is 38.5 Å². The topological polar surface area (TPSA) is 54.0 Å². The predicted molar refractivity (Wildman–Crippen MR) is 68.5 cm³/mol. The monoisotopic (exact) mass is 285 g/mol. The highest BCUT2D eigenvalue weighted by atomic mass is 79.9. The number of rotatable bonds is 5. The van der Waals surface area contributed by atoms with Crippen molar-refractivity contribution in [3.63, 3.8) is 0 Å². The minimum atomic E-state index is -0.0670. The van der Waals surface area contributed by atoms with Crippen molar-refractivity contribution in [2.75, 3.05) is 18.4 Å². The van der Waals surface area contributed by atoms with Gasteiger partial charge in [-0.3, -0.25) is 4.79 Å². The van der Waals surface area contributed by atoms with Crippen LogP contribution in [0.25, 0.3) is 0 Å². The van der Waals surface area contributed by atoms with E-state index in [1.807, 2.05) is 13.0 Å². The molecule has 1 amide bonds. The Kier molecular flexibility index (Phi) is 5.42. The second-order valence-corrected chi connectivity index (χ2v) is 4.34. The maximum absolute atomic E-state index is 11.5. The number of nitrogens with zero attached hydrogens (tertiary/aromatic N) is 1. The molecule has 0 aromatic carbocycles. The molecule has 0 radical (unpaired) electrons. The number of pyridine rings is 1. The molecule has 1 heterocycles. The summed E-state index contributed by atoms with van der Waals surface area (Å²) in [6, 6.07) is 3.65. The fourth-order valence-corrected chi connectivity index (χ4v) is 1.40. The minimum absolute atomic E-state index is 0.0670. The number of amides is 1. The van der Waals surface area contributed by atoms with Gasteiger partial charge in [0.15, 0.2) is 0 Å². The maximum atomic E-state index is 11.5. The Hall–Kier alpha value is -0.940. The van der Waals surface area contributed by atoms with Gasteiger partial charge in [-0.1, -0.05) is 6.92 Å². The molecule has 0 atom stereocenters. The zero-order valence-corrected chi connectivity index (χ0v) is 11.1. The Morgan fingerprint density at radius 1 is 1.50 bits per heavy atom. The van der Waals surface area contributed by atoms with Gasteiger partial charge in [0.1, 0.15) is 5.82 Å². The number of aryl methyl sites for hydroxylation is 1. The molecule has 0 aliphatic carbocycles. The van der Waals surface area contributed by atoms with Gasteiger partial charge >= 0.3 is 0 Å². The second kappa shape index (κ2) is 6.60. The van der Waals surface area contributed by atoms with Crippen LogP contribution in [0.15, 0.2) is 16.6 Å². The van der Waals surface area contributed by atoms with Crippen LogP contribution in [0.5, 0.6) is 0 Å². The van der Waals surface area contributed by atoms with Crippen molar-refractivity contribution < 1.29 is 4.79 Å². The number of carbonyl (C=O) groups is 1. The highest BCUT2D eigenvalue weighted by Gasteiger charge is 2.03. The summed E-state index contributed by atoms with van der Waals surface area (Å²) in [5, 5.41) is 5.77. The van der Waals surface area contributed by atoms with E-state index < -0.39 is 0 Å². The molecule has 0 bridgehead atoms. The first-order chi connectivity index (χ1) is 7.63. The van der Waals surface area contributed by atoms with E-state index in [1.165, 1.54) is 0 Å². The first-order valence-electron chi connectivity index (χ1n) is 5.27. The van der Waals surface area contributed by atoms with Crippen molar-refractivity contribution in [1.82, 2.24) is 10.3 Å². The van der Waals surface area contributed by atoms with Crippen LogP contribution < -0.4 is 10.6 Å². The molecule has 0 saturated heterocycles. The Morgan fingerprint density at radius 2 is 2.25 bits per heavy atom. The van der Waals surface area contributed by atoms with E-state index in [-0.39, 0.29) is 5.91 Å². The summed E-state index contributed by atoms with van der Waals surface area (Å²) >= 11 is 3.36. The lowest BCUT2D eigenvalue weighted by molar-refractivity contribution is -0.115. The predicted octanol–water partition coefficient (Wildman–Crippen LogP) is 2.09. The van der Waals surface area contributed by atoms with E-state index in [1.54, 1.807) is 6.07 Å². The quantitative estimate of drug-likeness (QED) is 0.815. The molecule has 88 valence electrons. The van der Waals surface area contributed by atoms with Crippen molar-refractivity contribution >= 4 is 27.7 Å². The smallest absolute Gasteiger partial charge is 0.239 e. The van der Waals surface area contributed by atoms with Gasteiger partial charge in [-0.05, 0) is 48.0 Å². The first kappa shape index (κ1) is 13.1. The van der Waals surface area contributed by atoms with Gasteiger partial charge in [0.05, 0.1) is 12.2 Å². The van der Waals surface area contributed by atoms with Crippen LogP contribution in [0.1, 0.15) is 19.0 Å².